The van der Waals surface area contributed by atoms with Crippen molar-refractivity contribution in [2.45, 2.75) is 19.3 Å². The minimum absolute atomic E-state index is 0. The average Bonchev–Trinajstić information content (AvgIpc) is 2.94. The van der Waals surface area contributed by atoms with Crippen LogP contribution < -0.4 is 15.4 Å². The van der Waals surface area contributed by atoms with Gasteiger partial charge in [-0.25, -0.2) is 0 Å². The predicted octanol–water partition coefficient (Wildman–Crippen LogP) is 2.65. The molecule has 21 heavy (non-hydrogen) atoms. The van der Waals surface area contributed by atoms with Crippen LogP contribution in [0.1, 0.15) is 19.3 Å². The third-order valence-corrected chi connectivity index (χ3v) is 3.70. The van der Waals surface area contributed by atoms with Crippen LogP contribution >= 0.6 is 24.0 Å². The van der Waals surface area contributed by atoms with Gasteiger partial charge in [0.2, 0.25) is 5.91 Å². The lowest BCUT2D eigenvalue weighted by Crippen LogP contribution is -2.27. The van der Waals surface area contributed by atoms with Crippen LogP contribution in [0.2, 0.25) is 5.02 Å². The molecule has 118 valence electrons. The van der Waals surface area contributed by atoms with E-state index in [0.29, 0.717) is 24.0 Å². The van der Waals surface area contributed by atoms with Crippen LogP contribution in [0.15, 0.2) is 24.3 Å². The van der Waals surface area contributed by atoms with Crippen molar-refractivity contribution >= 4 is 29.9 Å². The largest absolute Gasteiger partial charge is 0.493 e. The normalized spacial score (nSPS) is 17.1. The molecule has 1 aromatic rings. The Kier molecular flexibility index (Phi) is 8.50. The Balaban J connectivity index is 0.00000220. The van der Waals surface area contributed by atoms with Crippen LogP contribution in [0.3, 0.4) is 0 Å². The fraction of sp³-hybridized carbons (Fsp3) is 0.533. The van der Waals surface area contributed by atoms with Gasteiger partial charge in [0.25, 0.3) is 0 Å². The van der Waals surface area contributed by atoms with Crippen LogP contribution in [-0.2, 0) is 4.79 Å². The Labute approximate surface area is 137 Å². The van der Waals surface area contributed by atoms with Gasteiger partial charge in [-0.15, -0.1) is 12.4 Å². The molecule has 1 fully saturated rings. The second-order valence-corrected chi connectivity index (χ2v) is 5.49. The van der Waals surface area contributed by atoms with Gasteiger partial charge in [0.15, 0.2) is 0 Å². The molecule has 1 saturated heterocycles. The number of halogens is 2. The molecule has 6 heteroatoms. The summed E-state index contributed by atoms with van der Waals surface area (Å²) in [4.78, 5) is 11.6. The van der Waals surface area contributed by atoms with Crippen molar-refractivity contribution in [3.05, 3.63) is 29.3 Å². The van der Waals surface area contributed by atoms with E-state index in [-0.39, 0.29) is 18.3 Å². The van der Waals surface area contributed by atoms with Crippen molar-refractivity contribution in [3.63, 3.8) is 0 Å². The zero-order chi connectivity index (χ0) is 14.2. The summed E-state index contributed by atoms with van der Waals surface area (Å²) in [6.45, 7) is 3.33. The molecule has 0 aromatic heterocycles. The van der Waals surface area contributed by atoms with Crippen LogP contribution in [0, 0.1) is 5.92 Å². The van der Waals surface area contributed by atoms with Crippen LogP contribution in [0.5, 0.6) is 5.75 Å². The first kappa shape index (κ1) is 18.1. The van der Waals surface area contributed by atoms with Gasteiger partial charge in [0.05, 0.1) is 13.0 Å². The SMILES string of the molecule is Cl.O=C(CCOc1ccc(Cl)cc1)NCCC1CCNC1. The maximum absolute atomic E-state index is 11.6. The summed E-state index contributed by atoms with van der Waals surface area (Å²) in [7, 11) is 0. The molecule has 1 aliphatic heterocycles. The second-order valence-electron chi connectivity index (χ2n) is 5.05. The van der Waals surface area contributed by atoms with E-state index >= 15 is 0 Å². The zero-order valence-corrected chi connectivity index (χ0v) is 13.5. The van der Waals surface area contributed by atoms with Crippen molar-refractivity contribution in [2.24, 2.45) is 5.92 Å². The molecule has 0 saturated carbocycles. The van der Waals surface area contributed by atoms with Crippen molar-refractivity contribution in [3.8, 4) is 5.75 Å². The lowest BCUT2D eigenvalue weighted by Gasteiger charge is -2.10. The maximum atomic E-state index is 11.6. The molecule has 0 spiro atoms. The Hall–Kier alpha value is -0.970. The molecule has 1 unspecified atom stereocenters. The van der Waals surface area contributed by atoms with Gasteiger partial charge in [0.1, 0.15) is 5.75 Å². The zero-order valence-electron chi connectivity index (χ0n) is 11.9. The van der Waals surface area contributed by atoms with Gasteiger partial charge in [-0.2, -0.15) is 0 Å². The van der Waals surface area contributed by atoms with Gasteiger partial charge in [-0.05, 0) is 56.1 Å². The van der Waals surface area contributed by atoms with Crippen LogP contribution in [-0.4, -0.2) is 32.1 Å². The number of carbonyl (C=O) groups is 1. The molecule has 0 bridgehead atoms. The summed E-state index contributed by atoms with van der Waals surface area (Å²) < 4.78 is 5.48. The molecule has 0 aliphatic carbocycles. The van der Waals surface area contributed by atoms with Gasteiger partial charge in [-0.1, -0.05) is 11.6 Å². The summed E-state index contributed by atoms with van der Waals surface area (Å²) in [5.41, 5.74) is 0. The Morgan fingerprint density at radius 3 is 2.81 bits per heavy atom. The van der Waals surface area contributed by atoms with Crippen LogP contribution in [0.4, 0.5) is 0 Å². The van der Waals surface area contributed by atoms with Crippen LogP contribution in [0.25, 0.3) is 0 Å². The van der Waals surface area contributed by atoms with E-state index in [4.69, 9.17) is 16.3 Å². The highest BCUT2D eigenvalue weighted by molar-refractivity contribution is 6.30. The van der Waals surface area contributed by atoms with Gasteiger partial charge < -0.3 is 15.4 Å². The molecule has 1 amide bonds. The van der Waals surface area contributed by atoms with Crippen molar-refractivity contribution < 1.29 is 9.53 Å². The van der Waals surface area contributed by atoms with E-state index in [1.54, 1.807) is 24.3 Å². The van der Waals surface area contributed by atoms with Gasteiger partial charge >= 0.3 is 0 Å². The van der Waals surface area contributed by atoms with Crippen molar-refractivity contribution in [2.75, 3.05) is 26.2 Å². The summed E-state index contributed by atoms with van der Waals surface area (Å²) >= 11 is 5.78. The number of benzene rings is 1. The predicted molar refractivity (Wildman–Crippen MR) is 87.4 cm³/mol. The first-order valence-corrected chi connectivity index (χ1v) is 7.47. The molecule has 1 atom stereocenters. The number of nitrogens with one attached hydrogen (secondary N) is 2. The third kappa shape index (κ3) is 7.02. The molecule has 1 aliphatic rings. The highest BCUT2D eigenvalue weighted by Crippen LogP contribution is 2.15. The first-order chi connectivity index (χ1) is 9.74. The highest BCUT2D eigenvalue weighted by Gasteiger charge is 2.13. The molecule has 1 aromatic carbocycles. The van der Waals surface area contributed by atoms with E-state index in [9.17, 15) is 4.79 Å². The molecule has 4 nitrogen and oxygen atoms in total. The number of ether oxygens (including phenoxy) is 1. The maximum Gasteiger partial charge on any atom is 0.223 e. The first-order valence-electron chi connectivity index (χ1n) is 7.10. The van der Waals surface area contributed by atoms with Crippen molar-refractivity contribution in [1.82, 2.24) is 10.6 Å². The Bertz CT molecular complexity index is 420. The summed E-state index contributed by atoms with van der Waals surface area (Å²) in [5, 5.41) is 6.94. The lowest BCUT2D eigenvalue weighted by molar-refractivity contribution is -0.121. The number of carbonyl (C=O) groups excluding carboxylic acids is 1. The summed E-state index contributed by atoms with van der Waals surface area (Å²) in [5.74, 6) is 1.49. The molecule has 0 radical (unpaired) electrons. The Morgan fingerprint density at radius 2 is 2.14 bits per heavy atom. The molecular formula is C15H22Cl2N2O2. The number of hydrogen-bond donors (Lipinski definition) is 2. The van der Waals surface area contributed by atoms with E-state index < -0.39 is 0 Å². The average molecular weight is 333 g/mol. The molecule has 1 heterocycles. The quantitative estimate of drug-likeness (QED) is 0.807. The second kappa shape index (κ2) is 9.87. The van der Waals surface area contributed by atoms with E-state index in [0.717, 1.165) is 31.8 Å². The Morgan fingerprint density at radius 1 is 1.38 bits per heavy atom. The number of rotatable bonds is 7. The van der Waals surface area contributed by atoms with Gasteiger partial charge in [-0.3, -0.25) is 4.79 Å². The molecule has 2 N–H and O–H groups in total. The minimum atomic E-state index is 0. The van der Waals surface area contributed by atoms with E-state index in [1.807, 2.05) is 0 Å². The highest BCUT2D eigenvalue weighted by atomic mass is 35.5. The molecular weight excluding hydrogens is 311 g/mol. The standard InChI is InChI=1S/C15H21ClN2O2.ClH/c16-13-1-3-14(4-2-13)20-10-7-15(19)18-9-6-12-5-8-17-11-12;/h1-4,12,17H,5-11H2,(H,18,19);1H. The lowest BCUT2D eigenvalue weighted by atomic mass is 10.1. The topological polar surface area (TPSA) is 50.4 Å². The smallest absolute Gasteiger partial charge is 0.223 e. The summed E-state index contributed by atoms with van der Waals surface area (Å²) in [6, 6.07) is 7.14. The third-order valence-electron chi connectivity index (χ3n) is 3.45. The number of amides is 1. The fourth-order valence-electron chi connectivity index (χ4n) is 2.26. The fourth-order valence-corrected chi connectivity index (χ4v) is 2.38. The van der Waals surface area contributed by atoms with Crippen molar-refractivity contribution in [1.29, 1.82) is 0 Å². The number of hydrogen-bond acceptors (Lipinski definition) is 3. The minimum Gasteiger partial charge on any atom is -0.493 e. The van der Waals surface area contributed by atoms with Gasteiger partial charge in [0, 0.05) is 11.6 Å². The van der Waals surface area contributed by atoms with E-state index in [1.165, 1.54) is 6.42 Å². The van der Waals surface area contributed by atoms with E-state index in [2.05, 4.69) is 10.6 Å². The molecule has 2 rings (SSSR count). The summed E-state index contributed by atoms with van der Waals surface area (Å²) in [6.07, 6.45) is 2.65. The monoisotopic (exact) mass is 332 g/mol.